The van der Waals surface area contributed by atoms with Crippen molar-refractivity contribution in [2.24, 2.45) is 11.8 Å². The summed E-state index contributed by atoms with van der Waals surface area (Å²) in [5, 5.41) is 24.3. The molecule has 3 aliphatic carbocycles. The number of rotatable bonds is 3. The van der Waals surface area contributed by atoms with Crippen LogP contribution >= 0.6 is 0 Å². The van der Waals surface area contributed by atoms with Gasteiger partial charge < -0.3 is 0 Å². The number of nitro groups is 2. The number of benzene rings is 3. The Labute approximate surface area is 192 Å². The third-order valence-electron chi connectivity index (χ3n) is 7.51. The van der Waals surface area contributed by atoms with Crippen LogP contribution in [0, 0.1) is 39.0 Å². The fourth-order valence-corrected chi connectivity index (χ4v) is 6.23. The smallest absolute Gasteiger partial charge is 0.274 e. The van der Waals surface area contributed by atoms with Crippen LogP contribution < -0.4 is 4.90 Å². The van der Waals surface area contributed by atoms with Crippen LogP contribution in [0.4, 0.5) is 11.4 Å². The van der Waals surface area contributed by atoms with Gasteiger partial charge >= 0.3 is 0 Å². The molecule has 4 aliphatic rings. The van der Waals surface area contributed by atoms with Gasteiger partial charge in [0.25, 0.3) is 11.2 Å². The van der Waals surface area contributed by atoms with Crippen LogP contribution in [0.5, 0.6) is 0 Å². The highest BCUT2D eigenvalue weighted by molar-refractivity contribution is 6.24. The lowest BCUT2D eigenvalue weighted by Gasteiger charge is -2.48. The summed E-state index contributed by atoms with van der Waals surface area (Å²) in [6, 6.07) is 17.8. The van der Waals surface area contributed by atoms with Crippen molar-refractivity contribution in [1.82, 2.24) is 0 Å². The summed E-state index contributed by atoms with van der Waals surface area (Å²) in [4.78, 5) is 52.0. The predicted octanol–water partition coefficient (Wildman–Crippen LogP) is 3.69. The number of hydrogen-bond acceptors (Lipinski definition) is 6. The van der Waals surface area contributed by atoms with Gasteiger partial charge in [0.1, 0.15) is 5.92 Å². The second-order valence-electron chi connectivity index (χ2n) is 8.92. The molecule has 1 aliphatic heterocycles. The summed E-state index contributed by atoms with van der Waals surface area (Å²) in [5.74, 6) is -4.05. The molecule has 2 bridgehead atoms. The molecule has 0 unspecified atom stereocenters. The van der Waals surface area contributed by atoms with Crippen LogP contribution in [0.25, 0.3) is 0 Å². The number of nitro benzene ring substituents is 1. The fraction of sp³-hybridized carbons (Fsp3) is 0.200. The van der Waals surface area contributed by atoms with Crippen LogP contribution in [0.2, 0.25) is 0 Å². The third-order valence-corrected chi connectivity index (χ3v) is 7.51. The maximum absolute atomic E-state index is 13.9. The number of non-ortho nitro benzene ring substituents is 1. The third kappa shape index (κ3) is 2.18. The molecule has 168 valence electrons. The zero-order valence-corrected chi connectivity index (χ0v) is 17.9. The molecule has 1 heterocycles. The number of carbonyl (C=O) groups is 2. The van der Waals surface area contributed by atoms with Crippen molar-refractivity contribution >= 4 is 23.2 Å². The molecule has 34 heavy (non-hydrogen) atoms. The lowest BCUT2D eigenvalue weighted by atomic mass is 9.51. The largest absolute Gasteiger partial charge is 0.285 e. The molecule has 1 saturated heterocycles. The van der Waals surface area contributed by atoms with Crippen molar-refractivity contribution in [2.45, 2.75) is 18.4 Å². The maximum Gasteiger partial charge on any atom is 0.285 e. The normalized spacial score (nSPS) is 26.1. The molecule has 2 amide bonds. The summed E-state index contributed by atoms with van der Waals surface area (Å²) < 4.78 is 0. The van der Waals surface area contributed by atoms with Gasteiger partial charge in [-0.2, -0.15) is 0 Å². The Morgan fingerprint density at radius 1 is 0.853 bits per heavy atom. The molecule has 3 aromatic carbocycles. The highest BCUT2D eigenvalue weighted by Gasteiger charge is 2.74. The van der Waals surface area contributed by atoms with E-state index in [1.165, 1.54) is 18.2 Å². The minimum Gasteiger partial charge on any atom is -0.274 e. The molecule has 2 atom stereocenters. The first-order valence-corrected chi connectivity index (χ1v) is 10.8. The van der Waals surface area contributed by atoms with E-state index in [2.05, 4.69) is 0 Å². The van der Waals surface area contributed by atoms with Gasteiger partial charge in [-0.15, -0.1) is 0 Å². The highest BCUT2D eigenvalue weighted by Crippen LogP contribution is 2.64. The van der Waals surface area contributed by atoms with Crippen LogP contribution in [0.1, 0.15) is 33.7 Å². The molecule has 3 aromatic rings. The van der Waals surface area contributed by atoms with Crippen molar-refractivity contribution < 1.29 is 19.4 Å². The molecular formula is C25H17N3O6. The number of amides is 2. The molecule has 7 rings (SSSR count). The molecule has 1 fully saturated rings. The second kappa shape index (κ2) is 6.57. The maximum atomic E-state index is 13.9. The first-order chi connectivity index (χ1) is 16.3. The fourth-order valence-electron chi connectivity index (χ4n) is 6.23. The topological polar surface area (TPSA) is 124 Å². The van der Waals surface area contributed by atoms with Gasteiger partial charge in [0.05, 0.1) is 16.5 Å². The lowest BCUT2D eigenvalue weighted by molar-refractivity contribution is -0.578. The van der Waals surface area contributed by atoms with Gasteiger partial charge in [-0.25, -0.2) is 4.90 Å². The van der Waals surface area contributed by atoms with Crippen molar-refractivity contribution in [1.29, 1.82) is 0 Å². The van der Waals surface area contributed by atoms with E-state index >= 15 is 0 Å². The predicted molar refractivity (Wildman–Crippen MR) is 120 cm³/mol. The zero-order chi connectivity index (χ0) is 23.9. The number of carbonyl (C=O) groups excluding carboxylic acids is 2. The quantitative estimate of drug-likeness (QED) is 0.337. The standard InChI is InChI=1S/C25H17N3O6/c1-13-10-11-14(27(31)32)12-19(13)26-23(29)21-20-15-6-2-4-8-17(15)25(28(33)34,22(21)24(26)30)18-9-5-3-7-16(18)20/h2-12,20-22H,1H3/t20?,21-,22+,25?/m0/s1. The Balaban J connectivity index is 1.65. The number of aryl methyl sites for hydroxylation is 1. The molecule has 9 nitrogen and oxygen atoms in total. The molecule has 0 saturated carbocycles. The first kappa shape index (κ1) is 20.2. The minimum absolute atomic E-state index is 0.0876. The van der Waals surface area contributed by atoms with Gasteiger partial charge in [-0.1, -0.05) is 54.6 Å². The van der Waals surface area contributed by atoms with Crippen LogP contribution in [-0.4, -0.2) is 21.7 Å². The number of anilines is 1. The van der Waals surface area contributed by atoms with Gasteiger partial charge in [-0.3, -0.25) is 29.8 Å². The molecule has 0 radical (unpaired) electrons. The van der Waals surface area contributed by atoms with Gasteiger partial charge in [0.15, 0.2) is 0 Å². The van der Waals surface area contributed by atoms with Crippen LogP contribution in [0.15, 0.2) is 66.7 Å². The van der Waals surface area contributed by atoms with E-state index in [-0.39, 0.29) is 11.4 Å². The summed E-state index contributed by atoms with van der Waals surface area (Å²) in [6.07, 6.45) is 0. The lowest BCUT2D eigenvalue weighted by Crippen LogP contribution is -2.57. The van der Waals surface area contributed by atoms with E-state index in [9.17, 15) is 29.8 Å². The van der Waals surface area contributed by atoms with Crippen LogP contribution in [0.3, 0.4) is 0 Å². The zero-order valence-electron chi connectivity index (χ0n) is 17.9. The molecule has 0 spiro atoms. The van der Waals surface area contributed by atoms with E-state index in [0.717, 1.165) is 4.90 Å². The van der Waals surface area contributed by atoms with E-state index in [1.807, 2.05) is 0 Å². The Morgan fingerprint density at radius 3 is 2.00 bits per heavy atom. The molecule has 0 aromatic heterocycles. The van der Waals surface area contributed by atoms with Gasteiger partial charge in [0.2, 0.25) is 11.8 Å². The monoisotopic (exact) mass is 455 g/mol. The van der Waals surface area contributed by atoms with E-state index in [1.54, 1.807) is 55.5 Å². The average Bonchev–Trinajstić information content (AvgIpc) is 3.10. The number of imide groups is 1. The number of nitrogens with zero attached hydrogens (tertiary/aromatic N) is 3. The Kier molecular flexibility index (Phi) is 3.91. The Morgan fingerprint density at radius 2 is 1.44 bits per heavy atom. The highest BCUT2D eigenvalue weighted by atomic mass is 16.6. The summed E-state index contributed by atoms with van der Waals surface area (Å²) in [7, 11) is 0. The molecule has 9 heteroatoms. The Bertz CT molecular complexity index is 1420. The van der Waals surface area contributed by atoms with E-state index in [0.29, 0.717) is 27.8 Å². The summed E-state index contributed by atoms with van der Waals surface area (Å²) >= 11 is 0. The SMILES string of the molecule is Cc1ccc([N+](=O)[O-])cc1N1C(=O)[C@H]2C3c4ccccc4C([N+](=O)[O-])(c4ccccc43)[C@H]2C1=O. The van der Waals surface area contributed by atoms with E-state index < -0.39 is 45.0 Å². The van der Waals surface area contributed by atoms with Gasteiger partial charge in [-0.05, 0) is 23.6 Å². The summed E-state index contributed by atoms with van der Waals surface area (Å²) in [6.45, 7) is 1.64. The summed E-state index contributed by atoms with van der Waals surface area (Å²) in [5.41, 5.74) is 0.550. The Hall–Kier alpha value is -4.40. The molecular weight excluding hydrogens is 438 g/mol. The second-order valence-corrected chi connectivity index (χ2v) is 8.92. The van der Waals surface area contributed by atoms with Crippen LogP contribution in [-0.2, 0) is 15.1 Å². The average molecular weight is 455 g/mol. The van der Waals surface area contributed by atoms with E-state index in [4.69, 9.17) is 0 Å². The first-order valence-electron chi connectivity index (χ1n) is 10.8. The van der Waals surface area contributed by atoms with Crippen molar-refractivity contribution in [3.63, 3.8) is 0 Å². The van der Waals surface area contributed by atoms with Crippen molar-refractivity contribution in [3.05, 3.63) is 115 Å². The van der Waals surface area contributed by atoms with Gasteiger partial charge in [0, 0.05) is 34.1 Å². The van der Waals surface area contributed by atoms with Crippen molar-refractivity contribution in [3.8, 4) is 0 Å². The minimum atomic E-state index is -1.93. The molecule has 0 N–H and O–H groups in total. The van der Waals surface area contributed by atoms with Crippen molar-refractivity contribution in [2.75, 3.05) is 4.90 Å². The number of hydrogen-bond donors (Lipinski definition) is 0.